The summed E-state index contributed by atoms with van der Waals surface area (Å²) in [5.74, 6) is -0.832. The van der Waals surface area contributed by atoms with Crippen molar-refractivity contribution in [3.63, 3.8) is 0 Å². The highest BCUT2D eigenvalue weighted by molar-refractivity contribution is 5.91. The molecule has 0 aliphatic carbocycles. The Balaban J connectivity index is 3.98. The molecule has 0 spiro atoms. The van der Waals surface area contributed by atoms with Crippen molar-refractivity contribution in [2.75, 3.05) is 0 Å². The summed E-state index contributed by atoms with van der Waals surface area (Å²) in [5.41, 5.74) is 11.1. The fraction of sp³-hybridized carbons (Fsp3) is 0.400. The van der Waals surface area contributed by atoms with E-state index in [4.69, 9.17) is 11.5 Å². The summed E-state index contributed by atoms with van der Waals surface area (Å²) in [6.45, 7) is 3.32. The summed E-state index contributed by atoms with van der Waals surface area (Å²) in [4.78, 5) is 21.2. The van der Waals surface area contributed by atoms with Gasteiger partial charge >= 0.3 is 0 Å². The normalized spacial score (nSPS) is 12.7. The van der Waals surface area contributed by atoms with Crippen LogP contribution >= 0.6 is 0 Å². The Morgan fingerprint density at radius 1 is 0.929 bits per heavy atom. The molecule has 0 aliphatic rings. The Bertz CT molecular complexity index is 260. The summed E-state index contributed by atoms with van der Waals surface area (Å²) < 4.78 is 0. The average molecular weight is 196 g/mol. The minimum Gasteiger partial charge on any atom is -0.366 e. The number of allylic oxidation sites excluding steroid dienone is 2. The van der Waals surface area contributed by atoms with Gasteiger partial charge in [0.1, 0.15) is 0 Å². The number of primary amides is 2. The van der Waals surface area contributed by atoms with Crippen LogP contribution in [0.15, 0.2) is 23.3 Å². The molecule has 4 nitrogen and oxygen atoms in total. The Hall–Kier alpha value is -1.58. The molecule has 0 saturated heterocycles. The summed E-state index contributed by atoms with van der Waals surface area (Å²) in [6, 6.07) is 0. The summed E-state index contributed by atoms with van der Waals surface area (Å²) in [6.07, 6.45) is 4.85. The predicted molar refractivity (Wildman–Crippen MR) is 55.1 cm³/mol. The van der Waals surface area contributed by atoms with Crippen molar-refractivity contribution in [2.24, 2.45) is 11.5 Å². The maximum Gasteiger partial charge on any atom is 0.244 e. The number of nitrogens with two attached hydrogens (primary N) is 2. The van der Waals surface area contributed by atoms with E-state index in [1.807, 2.05) is 0 Å². The third-order valence-corrected chi connectivity index (χ3v) is 1.85. The van der Waals surface area contributed by atoms with Crippen molar-refractivity contribution in [1.82, 2.24) is 0 Å². The number of amides is 2. The van der Waals surface area contributed by atoms with Crippen LogP contribution in [-0.2, 0) is 9.59 Å². The van der Waals surface area contributed by atoms with Crippen LogP contribution in [0.5, 0.6) is 0 Å². The predicted octanol–water partition coefficient (Wildman–Crippen LogP) is 0.630. The van der Waals surface area contributed by atoms with E-state index in [0.717, 1.165) is 0 Å². The lowest BCUT2D eigenvalue weighted by atomic mass is 10.1. The number of hydrogen-bond donors (Lipinski definition) is 2. The van der Waals surface area contributed by atoms with Gasteiger partial charge in [0, 0.05) is 11.1 Å². The molecular formula is C10H16N2O2. The van der Waals surface area contributed by atoms with Crippen LogP contribution < -0.4 is 11.5 Å². The van der Waals surface area contributed by atoms with Crippen LogP contribution in [0.4, 0.5) is 0 Å². The minimum atomic E-state index is -0.416. The van der Waals surface area contributed by atoms with Crippen molar-refractivity contribution in [1.29, 1.82) is 0 Å². The van der Waals surface area contributed by atoms with Crippen molar-refractivity contribution < 1.29 is 9.59 Å². The first-order valence-corrected chi connectivity index (χ1v) is 4.38. The Labute approximate surface area is 83.6 Å². The van der Waals surface area contributed by atoms with Gasteiger partial charge in [-0.15, -0.1) is 0 Å². The van der Waals surface area contributed by atoms with E-state index in [9.17, 15) is 9.59 Å². The SMILES string of the molecule is C/C(=C\CC/C=C(\C)C(N)=O)C(N)=O. The first kappa shape index (κ1) is 12.4. The molecule has 0 unspecified atom stereocenters. The lowest BCUT2D eigenvalue weighted by molar-refractivity contribution is -0.115. The van der Waals surface area contributed by atoms with E-state index in [-0.39, 0.29) is 0 Å². The summed E-state index contributed by atoms with van der Waals surface area (Å²) in [5, 5.41) is 0. The lowest BCUT2D eigenvalue weighted by Gasteiger charge is -1.95. The number of carbonyl (C=O) groups is 2. The first-order chi connectivity index (χ1) is 6.45. The molecule has 14 heavy (non-hydrogen) atoms. The molecule has 0 fully saturated rings. The van der Waals surface area contributed by atoms with Gasteiger partial charge in [-0.25, -0.2) is 0 Å². The van der Waals surface area contributed by atoms with Gasteiger partial charge in [-0.05, 0) is 26.7 Å². The maximum absolute atomic E-state index is 10.6. The van der Waals surface area contributed by atoms with Gasteiger partial charge in [-0.2, -0.15) is 0 Å². The third-order valence-electron chi connectivity index (χ3n) is 1.85. The van der Waals surface area contributed by atoms with E-state index in [1.54, 1.807) is 26.0 Å². The fourth-order valence-electron chi connectivity index (χ4n) is 0.801. The Kier molecular flexibility index (Phi) is 5.29. The molecule has 0 heterocycles. The molecule has 0 aliphatic heterocycles. The molecule has 2 amide bonds. The monoisotopic (exact) mass is 196 g/mol. The van der Waals surface area contributed by atoms with Crippen LogP contribution in [0.1, 0.15) is 26.7 Å². The van der Waals surface area contributed by atoms with Gasteiger partial charge in [0.05, 0.1) is 0 Å². The standard InChI is InChI=1S/C10H16N2O2/c1-7(9(11)13)5-3-4-6-8(2)10(12)14/h5-6H,3-4H2,1-2H3,(H2,11,13)(H2,12,14)/b7-5+,8-6+. The molecule has 0 aromatic rings. The molecule has 0 bridgehead atoms. The molecule has 0 aromatic carbocycles. The minimum absolute atomic E-state index is 0.416. The molecule has 0 rings (SSSR count). The van der Waals surface area contributed by atoms with Crippen molar-refractivity contribution in [3.05, 3.63) is 23.3 Å². The van der Waals surface area contributed by atoms with Gasteiger partial charge in [-0.1, -0.05) is 12.2 Å². The molecule has 0 atom stereocenters. The number of unbranched alkanes of at least 4 members (excludes halogenated alkanes) is 1. The number of rotatable bonds is 5. The van der Waals surface area contributed by atoms with Crippen molar-refractivity contribution in [3.8, 4) is 0 Å². The highest BCUT2D eigenvalue weighted by Gasteiger charge is 1.96. The second-order valence-electron chi connectivity index (χ2n) is 3.08. The molecule has 0 aromatic heterocycles. The molecule has 4 N–H and O–H groups in total. The third kappa shape index (κ3) is 5.13. The van der Waals surface area contributed by atoms with E-state index in [2.05, 4.69) is 0 Å². The van der Waals surface area contributed by atoms with Crippen molar-refractivity contribution >= 4 is 11.8 Å². The van der Waals surface area contributed by atoms with Gasteiger partial charge in [0.15, 0.2) is 0 Å². The molecule has 0 radical (unpaired) electrons. The summed E-state index contributed by atoms with van der Waals surface area (Å²) >= 11 is 0. The smallest absolute Gasteiger partial charge is 0.244 e. The molecule has 4 heteroatoms. The van der Waals surface area contributed by atoms with Crippen LogP contribution in [0.2, 0.25) is 0 Å². The van der Waals surface area contributed by atoms with Crippen molar-refractivity contribution in [2.45, 2.75) is 26.7 Å². The zero-order valence-electron chi connectivity index (χ0n) is 8.54. The van der Waals surface area contributed by atoms with Crippen LogP contribution in [0.3, 0.4) is 0 Å². The number of carbonyl (C=O) groups excluding carboxylic acids is 2. The fourth-order valence-corrected chi connectivity index (χ4v) is 0.801. The Morgan fingerprint density at radius 2 is 1.21 bits per heavy atom. The molecule has 0 saturated carbocycles. The summed E-state index contributed by atoms with van der Waals surface area (Å²) in [7, 11) is 0. The zero-order valence-corrected chi connectivity index (χ0v) is 8.54. The van der Waals surface area contributed by atoms with E-state index in [0.29, 0.717) is 24.0 Å². The maximum atomic E-state index is 10.6. The van der Waals surface area contributed by atoms with E-state index < -0.39 is 11.8 Å². The first-order valence-electron chi connectivity index (χ1n) is 4.38. The molecular weight excluding hydrogens is 180 g/mol. The lowest BCUT2D eigenvalue weighted by Crippen LogP contribution is -2.11. The molecule has 78 valence electrons. The second-order valence-corrected chi connectivity index (χ2v) is 3.08. The van der Waals surface area contributed by atoms with Crippen LogP contribution in [-0.4, -0.2) is 11.8 Å². The highest BCUT2D eigenvalue weighted by atomic mass is 16.1. The van der Waals surface area contributed by atoms with E-state index in [1.165, 1.54) is 0 Å². The van der Waals surface area contributed by atoms with Crippen LogP contribution in [0, 0.1) is 0 Å². The Morgan fingerprint density at radius 3 is 1.43 bits per heavy atom. The largest absolute Gasteiger partial charge is 0.366 e. The topological polar surface area (TPSA) is 86.2 Å². The van der Waals surface area contributed by atoms with Crippen LogP contribution in [0.25, 0.3) is 0 Å². The van der Waals surface area contributed by atoms with Gasteiger partial charge in [-0.3, -0.25) is 9.59 Å². The second kappa shape index (κ2) is 5.96. The number of hydrogen-bond acceptors (Lipinski definition) is 2. The van der Waals surface area contributed by atoms with Gasteiger partial charge in [0.2, 0.25) is 11.8 Å². The quantitative estimate of drug-likeness (QED) is 0.499. The highest BCUT2D eigenvalue weighted by Crippen LogP contribution is 2.01. The van der Waals surface area contributed by atoms with Gasteiger partial charge in [0.25, 0.3) is 0 Å². The zero-order chi connectivity index (χ0) is 11.1. The van der Waals surface area contributed by atoms with E-state index >= 15 is 0 Å². The average Bonchev–Trinajstić information content (AvgIpc) is 2.11. The van der Waals surface area contributed by atoms with Gasteiger partial charge < -0.3 is 11.5 Å².